The molecule has 3 rings (SSSR count). The zero-order chi connectivity index (χ0) is 20.8. The summed E-state index contributed by atoms with van der Waals surface area (Å²) in [6.07, 6.45) is 6.27. The SMILES string of the molecule is CCCN1C(=S)NC(c2ccc(-n3ccnc3)cc2)C(C(=O)OCCOC)=C1C. The number of methoxy groups -OCH3 is 1. The molecule has 1 aliphatic heterocycles. The molecule has 0 fully saturated rings. The van der Waals surface area contributed by atoms with E-state index in [1.807, 2.05) is 46.9 Å². The summed E-state index contributed by atoms with van der Waals surface area (Å²) in [6, 6.07) is 7.58. The van der Waals surface area contributed by atoms with Crippen LogP contribution in [-0.4, -0.2) is 52.4 Å². The van der Waals surface area contributed by atoms with Crippen LogP contribution in [0.25, 0.3) is 5.69 Å². The Hall–Kier alpha value is -2.71. The van der Waals surface area contributed by atoms with Gasteiger partial charge in [-0.1, -0.05) is 19.1 Å². The van der Waals surface area contributed by atoms with Crippen LogP contribution in [0, 0.1) is 0 Å². The van der Waals surface area contributed by atoms with Gasteiger partial charge in [-0.05, 0) is 43.3 Å². The number of hydrogen-bond donors (Lipinski definition) is 1. The van der Waals surface area contributed by atoms with Gasteiger partial charge in [0, 0.05) is 37.4 Å². The fraction of sp³-hybridized carbons (Fsp3) is 0.381. The molecule has 0 radical (unpaired) electrons. The zero-order valence-corrected chi connectivity index (χ0v) is 17.7. The Bertz CT molecular complexity index is 878. The van der Waals surface area contributed by atoms with Crippen molar-refractivity contribution in [3.05, 3.63) is 59.8 Å². The van der Waals surface area contributed by atoms with Crippen LogP contribution in [0.3, 0.4) is 0 Å². The Morgan fingerprint density at radius 3 is 2.66 bits per heavy atom. The smallest absolute Gasteiger partial charge is 0.338 e. The van der Waals surface area contributed by atoms with Gasteiger partial charge in [-0.3, -0.25) is 0 Å². The van der Waals surface area contributed by atoms with Gasteiger partial charge in [0.2, 0.25) is 0 Å². The van der Waals surface area contributed by atoms with E-state index in [9.17, 15) is 4.79 Å². The standard InChI is InChI=1S/C21H26N4O3S/c1-4-10-25-15(2)18(20(26)28-13-12-27-3)19(23-21(25)29)16-5-7-17(8-6-16)24-11-9-22-14-24/h5-9,11,14,19H,4,10,12-13H2,1-3H3,(H,23,29). The molecule has 2 aromatic rings. The fourth-order valence-corrected chi connectivity index (χ4v) is 3.68. The van der Waals surface area contributed by atoms with E-state index in [1.165, 1.54) is 0 Å². The van der Waals surface area contributed by atoms with Gasteiger partial charge in [0.1, 0.15) is 6.61 Å². The molecule has 0 spiro atoms. The highest BCUT2D eigenvalue weighted by molar-refractivity contribution is 7.80. The molecule has 7 nitrogen and oxygen atoms in total. The van der Waals surface area contributed by atoms with Crippen LogP contribution < -0.4 is 5.32 Å². The highest BCUT2D eigenvalue weighted by Gasteiger charge is 2.34. The van der Waals surface area contributed by atoms with Crippen LogP contribution in [0.2, 0.25) is 0 Å². The van der Waals surface area contributed by atoms with Crippen molar-refractivity contribution in [1.29, 1.82) is 0 Å². The molecule has 1 aromatic heterocycles. The molecule has 1 aromatic carbocycles. The van der Waals surface area contributed by atoms with Gasteiger partial charge in [-0.25, -0.2) is 9.78 Å². The molecule has 1 N–H and O–H groups in total. The molecular formula is C21H26N4O3S. The lowest BCUT2D eigenvalue weighted by molar-refractivity contribution is -0.140. The predicted molar refractivity (Wildman–Crippen MR) is 115 cm³/mol. The van der Waals surface area contributed by atoms with Gasteiger partial charge >= 0.3 is 5.97 Å². The van der Waals surface area contributed by atoms with Crippen LogP contribution >= 0.6 is 12.2 Å². The molecule has 0 amide bonds. The number of ether oxygens (including phenoxy) is 2. The first-order valence-corrected chi connectivity index (χ1v) is 10.0. The van der Waals surface area contributed by atoms with Crippen LogP contribution in [0.1, 0.15) is 31.9 Å². The van der Waals surface area contributed by atoms with E-state index in [0.717, 1.165) is 29.9 Å². The van der Waals surface area contributed by atoms with Crippen molar-refractivity contribution in [2.75, 3.05) is 26.9 Å². The predicted octanol–water partition coefficient (Wildman–Crippen LogP) is 2.98. The summed E-state index contributed by atoms with van der Waals surface area (Å²) < 4.78 is 12.4. The summed E-state index contributed by atoms with van der Waals surface area (Å²) >= 11 is 5.58. The van der Waals surface area contributed by atoms with Crippen LogP contribution in [-0.2, 0) is 14.3 Å². The number of carbonyl (C=O) groups excluding carboxylic acids is 1. The van der Waals surface area contributed by atoms with Crippen molar-refractivity contribution in [1.82, 2.24) is 19.8 Å². The van der Waals surface area contributed by atoms with Crippen molar-refractivity contribution in [3.63, 3.8) is 0 Å². The first kappa shape index (κ1) is 21.0. The Morgan fingerprint density at radius 2 is 2.03 bits per heavy atom. The molecule has 29 heavy (non-hydrogen) atoms. The highest BCUT2D eigenvalue weighted by Crippen LogP contribution is 2.32. The minimum Gasteiger partial charge on any atom is -0.460 e. The van der Waals surface area contributed by atoms with Gasteiger partial charge in [-0.15, -0.1) is 0 Å². The molecule has 0 bridgehead atoms. The average molecular weight is 415 g/mol. The third kappa shape index (κ3) is 4.65. The second kappa shape index (κ2) is 9.67. The van der Waals surface area contributed by atoms with E-state index in [-0.39, 0.29) is 18.6 Å². The fourth-order valence-electron chi connectivity index (χ4n) is 3.33. The van der Waals surface area contributed by atoms with Crippen LogP contribution in [0.4, 0.5) is 0 Å². The molecule has 2 heterocycles. The number of carbonyl (C=O) groups is 1. The average Bonchev–Trinajstić information content (AvgIpc) is 3.26. The minimum absolute atomic E-state index is 0.205. The second-order valence-electron chi connectivity index (χ2n) is 6.72. The molecule has 0 saturated heterocycles. The van der Waals surface area contributed by atoms with Crippen molar-refractivity contribution in [2.24, 2.45) is 0 Å². The van der Waals surface area contributed by atoms with E-state index in [1.54, 1.807) is 19.6 Å². The van der Waals surface area contributed by atoms with Crippen molar-refractivity contribution < 1.29 is 14.3 Å². The Balaban J connectivity index is 1.93. The summed E-state index contributed by atoms with van der Waals surface area (Å²) in [4.78, 5) is 19.0. The van der Waals surface area contributed by atoms with Crippen molar-refractivity contribution in [2.45, 2.75) is 26.3 Å². The summed E-state index contributed by atoms with van der Waals surface area (Å²) in [5.41, 5.74) is 3.31. The molecular weight excluding hydrogens is 388 g/mol. The summed E-state index contributed by atoms with van der Waals surface area (Å²) in [5.74, 6) is -0.362. The van der Waals surface area contributed by atoms with E-state index in [2.05, 4.69) is 17.2 Å². The summed E-state index contributed by atoms with van der Waals surface area (Å²) in [6.45, 7) is 5.29. The van der Waals surface area contributed by atoms with Gasteiger partial charge in [0.25, 0.3) is 0 Å². The second-order valence-corrected chi connectivity index (χ2v) is 7.11. The molecule has 8 heteroatoms. The molecule has 1 atom stereocenters. The Morgan fingerprint density at radius 1 is 1.28 bits per heavy atom. The molecule has 154 valence electrons. The lowest BCUT2D eigenvalue weighted by Crippen LogP contribution is -2.48. The lowest BCUT2D eigenvalue weighted by atomic mass is 9.94. The number of esters is 1. The van der Waals surface area contributed by atoms with Crippen molar-refractivity contribution in [3.8, 4) is 5.69 Å². The largest absolute Gasteiger partial charge is 0.460 e. The Labute approximate surface area is 176 Å². The highest BCUT2D eigenvalue weighted by atomic mass is 32.1. The molecule has 0 aliphatic carbocycles. The quantitative estimate of drug-likeness (QED) is 0.405. The third-order valence-electron chi connectivity index (χ3n) is 4.81. The normalized spacial score (nSPS) is 16.7. The van der Waals surface area contributed by atoms with E-state index in [0.29, 0.717) is 17.3 Å². The summed E-state index contributed by atoms with van der Waals surface area (Å²) in [7, 11) is 1.58. The van der Waals surface area contributed by atoms with Gasteiger partial charge in [-0.2, -0.15) is 0 Å². The summed E-state index contributed by atoms with van der Waals surface area (Å²) in [5, 5.41) is 3.93. The van der Waals surface area contributed by atoms with E-state index >= 15 is 0 Å². The van der Waals surface area contributed by atoms with E-state index in [4.69, 9.17) is 21.7 Å². The molecule has 0 saturated carbocycles. The first-order valence-electron chi connectivity index (χ1n) is 9.60. The topological polar surface area (TPSA) is 68.6 Å². The maximum absolute atomic E-state index is 12.9. The number of hydrogen-bond acceptors (Lipinski definition) is 5. The van der Waals surface area contributed by atoms with E-state index < -0.39 is 0 Å². The molecule has 1 unspecified atom stereocenters. The monoisotopic (exact) mass is 414 g/mol. The number of thiocarbonyl (C=S) groups is 1. The minimum atomic E-state index is -0.373. The number of rotatable bonds is 8. The number of nitrogens with zero attached hydrogens (tertiary/aromatic N) is 3. The van der Waals surface area contributed by atoms with Crippen LogP contribution in [0.5, 0.6) is 0 Å². The Kier molecular flexibility index (Phi) is 7.00. The number of aromatic nitrogens is 2. The van der Waals surface area contributed by atoms with Gasteiger partial charge < -0.3 is 24.3 Å². The van der Waals surface area contributed by atoms with Gasteiger partial charge in [0.15, 0.2) is 5.11 Å². The van der Waals surface area contributed by atoms with Crippen molar-refractivity contribution >= 4 is 23.3 Å². The van der Waals surface area contributed by atoms with Crippen LogP contribution in [0.15, 0.2) is 54.3 Å². The first-order chi connectivity index (χ1) is 14.1. The van der Waals surface area contributed by atoms with Gasteiger partial charge in [0.05, 0.1) is 24.5 Å². The molecule has 1 aliphatic rings. The third-order valence-corrected chi connectivity index (χ3v) is 5.15. The number of imidazole rings is 1. The number of allylic oxidation sites excluding steroid dienone is 1. The zero-order valence-electron chi connectivity index (χ0n) is 16.9. The maximum atomic E-state index is 12.9. The number of nitrogens with one attached hydrogen (secondary N) is 1. The maximum Gasteiger partial charge on any atom is 0.338 e. The number of benzene rings is 1. The lowest BCUT2D eigenvalue weighted by Gasteiger charge is -2.37.